The number of likely N-dealkylation sites (N-methyl/N-ethyl adjacent to an activating group) is 1. The van der Waals surface area contributed by atoms with E-state index in [1.807, 2.05) is 13.8 Å². The Morgan fingerprint density at radius 3 is 2.42 bits per heavy atom. The van der Waals surface area contributed by atoms with Gasteiger partial charge in [-0.25, -0.2) is 4.99 Å². The SMILES string of the molecule is CC(C)NC(=NCC(=O)N(C)C)NC1CCCC(C(F)(F)F)C1.I. The summed E-state index contributed by atoms with van der Waals surface area (Å²) in [6.07, 6.45) is -2.71. The molecule has 1 aliphatic carbocycles. The molecule has 0 saturated heterocycles. The smallest absolute Gasteiger partial charge is 0.354 e. The maximum Gasteiger partial charge on any atom is 0.391 e. The van der Waals surface area contributed by atoms with Crippen LogP contribution in [0.5, 0.6) is 0 Å². The number of alkyl halides is 3. The van der Waals surface area contributed by atoms with E-state index in [0.29, 0.717) is 18.8 Å². The molecular formula is C15H28F3IN4O. The van der Waals surface area contributed by atoms with Crippen LogP contribution in [0.3, 0.4) is 0 Å². The fourth-order valence-corrected chi connectivity index (χ4v) is 2.51. The summed E-state index contributed by atoms with van der Waals surface area (Å²) < 4.78 is 38.6. The van der Waals surface area contributed by atoms with Crippen LogP contribution in [0.2, 0.25) is 0 Å². The van der Waals surface area contributed by atoms with Gasteiger partial charge >= 0.3 is 6.18 Å². The summed E-state index contributed by atoms with van der Waals surface area (Å²) in [5.41, 5.74) is 0. The van der Waals surface area contributed by atoms with Gasteiger partial charge in [-0.2, -0.15) is 13.2 Å². The van der Waals surface area contributed by atoms with Crippen LogP contribution >= 0.6 is 24.0 Å². The van der Waals surface area contributed by atoms with Crippen LogP contribution in [0.15, 0.2) is 4.99 Å². The second-order valence-corrected chi connectivity index (χ2v) is 6.50. The fraction of sp³-hybridized carbons (Fsp3) is 0.867. The molecule has 5 nitrogen and oxygen atoms in total. The first-order valence-corrected chi connectivity index (χ1v) is 7.94. The van der Waals surface area contributed by atoms with Gasteiger partial charge in [0.05, 0.1) is 5.92 Å². The highest BCUT2D eigenvalue weighted by Crippen LogP contribution is 2.37. The van der Waals surface area contributed by atoms with Crippen molar-refractivity contribution in [3.63, 3.8) is 0 Å². The second kappa shape index (κ2) is 10.3. The number of aliphatic imine (C=N–C) groups is 1. The lowest BCUT2D eigenvalue weighted by Crippen LogP contribution is -2.48. The Morgan fingerprint density at radius 2 is 1.92 bits per heavy atom. The molecular weight excluding hydrogens is 436 g/mol. The number of amides is 1. The molecule has 1 aliphatic rings. The number of carbonyl (C=O) groups excluding carboxylic acids is 1. The molecule has 9 heteroatoms. The molecule has 0 bridgehead atoms. The number of nitrogens with one attached hydrogen (secondary N) is 2. The van der Waals surface area contributed by atoms with Gasteiger partial charge in [0.1, 0.15) is 6.54 Å². The maximum absolute atomic E-state index is 12.9. The molecule has 2 unspecified atom stereocenters. The zero-order chi connectivity index (χ0) is 17.6. The van der Waals surface area contributed by atoms with Gasteiger partial charge in [-0.3, -0.25) is 4.79 Å². The summed E-state index contributed by atoms with van der Waals surface area (Å²) in [5, 5.41) is 6.11. The van der Waals surface area contributed by atoms with Crippen molar-refractivity contribution in [2.45, 2.75) is 57.8 Å². The Labute approximate surface area is 158 Å². The van der Waals surface area contributed by atoms with Crippen molar-refractivity contribution in [2.24, 2.45) is 10.9 Å². The first-order valence-electron chi connectivity index (χ1n) is 7.94. The Bertz CT molecular complexity index is 427. The molecule has 0 heterocycles. The van der Waals surface area contributed by atoms with E-state index in [1.165, 1.54) is 4.90 Å². The van der Waals surface area contributed by atoms with Gasteiger partial charge in [0.15, 0.2) is 5.96 Å². The number of halogens is 4. The van der Waals surface area contributed by atoms with Gasteiger partial charge in [0.2, 0.25) is 5.91 Å². The third-order valence-electron chi connectivity index (χ3n) is 3.77. The third kappa shape index (κ3) is 8.39. The van der Waals surface area contributed by atoms with Crippen LogP contribution < -0.4 is 10.6 Å². The lowest BCUT2D eigenvalue weighted by molar-refractivity contribution is -0.183. The summed E-state index contributed by atoms with van der Waals surface area (Å²) in [6, 6.07) is -0.215. The Kier molecular flexibility index (Phi) is 9.98. The normalized spacial score (nSPS) is 21.9. The van der Waals surface area contributed by atoms with E-state index in [4.69, 9.17) is 0 Å². The van der Waals surface area contributed by atoms with Crippen molar-refractivity contribution >= 4 is 35.8 Å². The first-order chi connectivity index (χ1) is 10.6. The van der Waals surface area contributed by atoms with E-state index >= 15 is 0 Å². The molecule has 0 aromatic carbocycles. The lowest BCUT2D eigenvalue weighted by atomic mass is 9.85. The quantitative estimate of drug-likeness (QED) is 0.382. The van der Waals surface area contributed by atoms with E-state index in [2.05, 4.69) is 15.6 Å². The Hall–Kier alpha value is -0.740. The van der Waals surface area contributed by atoms with E-state index < -0.39 is 12.1 Å². The number of nitrogens with zero attached hydrogens (tertiary/aromatic N) is 2. The number of hydrogen-bond acceptors (Lipinski definition) is 2. The first kappa shape index (κ1) is 23.3. The minimum Gasteiger partial charge on any atom is -0.354 e. The number of guanidine groups is 1. The van der Waals surface area contributed by atoms with Crippen molar-refractivity contribution in [1.29, 1.82) is 0 Å². The van der Waals surface area contributed by atoms with Crippen LogP contribution in [0.25, 0.3) is 0 Å². The minimum atomic E-state index is -4.15. The van der Waals surface area contributed by atoms with Crippen molar-refractivity contribution in [3.8, 4) is 0 Å². The molecule has 0 spiro atoms. The van der Waals surface area contributed by atoms with Crippen molar-refractivity contribution < 1.29 is 18.0 Å². The molecule has 0 aromatic heterocycles. The van der Waals surface area contributed by atoms with Gasteiger partial charge in [-0.1, -0.05) is 6.42 Å². The van der Waals surface area contributed by atoms with Gasteiger partial charge < -0.3 is 15.5 Å². The fourth-order valence-electron chi connectivity index (χ4n) is 2.51. The third-order valence-corrected chi connectivity index (χ3v) is 3.77. The molecule has 24 heavy (non-hydrogen) atoms. The second-order valence-electron chi connectivity index (χ2n) is 6.50. The molecule has 0 aromatic rings. The average molecular weight is 464 g/mol. The van der Waals surface area contributed by atoms with Crippen LogP contribution in [0, 0.1) is 5.92 Å². The topological polar surface area (TPSA) is 56.7 Å². The highest BCUT2D eigenvalue weighted by Gasteiger charge is 2.42. The van der Waals surface area contributed by atoms with Gasteiger partial charge in [0.25, 0.3) is 0 Å². The standard InChI is InChI=1S/C15H27F3N4O.HI/c1-10(2)20-14(19-9-13(23)22(3)4)21-12-7-5-6-11(8-12)15(16,17)18;/h10-12H,5-9H2,1-4H3,(H2,19,20,21);1H. The summed E-state index contributed by atoms with van der Waals surface area (Å²) in [6.45, 7) is 3.78. The average Bonchev–Trinajstić information content (AvgIpc) is 2.43. The number of hydrogen-bond donors (Lipinski definition) is 2. The number of rotatable bonds is 4. The van der Waals surface area contributed by atoms with Gasteiger partial charge in [0, 0.05) is 26.2 Å². The molecule has 1 rings (SSSR count). The highest BCUT2D eigenvalue weighted by atomic mass is 127. The highest BCUT2D eigenvalue weighted by molar-refractivity contribution is 14.0. The summed E-state index contributed by atoms with van der Waals surface area (Å²) in [7, 11) is 3.27. The molecule has 0 radical (unpaired) electrons. The molecule has 1 saturated carbocycles. The zero-order valence-corrected chi connectivity index (χ0v) is 16.9. The predicted molar refractivity (Wildman–Crippen MR) is 99.6 cm³/mol. The molecule has 0 aliphatic heterocycles. The van der Waals surface area contributed by atoms with E-state index in [0.717, 1.165) is 0 Å². The molecule has 1 amide bonds. The van der Waals surface area contributed by atoms with Crippen molar-refractivity contribution in [1.82, 2.24) is 15.5 Å². The van der Waals surface area contributed by atoms with Crippen LogP contribution in [0.1, 0.15) is 39.5 Å². The maximum atomic E-state index is 12.9. The van der Waals surface area contributed by atoms with Crippen molar-refractivity contribution in [3.05, 3.63) is 0 Å². The molecule has 2 N–H and O–H groups in total. The van der Waals surface area contributed by atoms with Crippen LogP contribution in [-0.2, 0) is 4.79 Å². The summed E-state index contributed by atoms with van der Waals surface area (Å²) in [5.74, 6) is -1.04. The van der Waals surface area contributed by atoms with E-state index in [1.54, 1.807) is 14.1 Å². The Morgan fingerprint density at radius 1 is 1.29 bits per heavy atom. The molecule has 2 atom stereocenters. The zero-order valence-electron chi connectivity index (χ0n) is 14.6. The molecule has 142 valence electrons. The number of carbonyl (C=O) groups is 1. The van der Waals surface area contributed by atoms with Gasteiger partial charge in [-0.05, 0) is 33.1 Å². The van der Waals surface area contributed by atoms with E-state index in [9.17, 15) is 18.0 Å². The van der Waals surface area contributed by atoms with Crippen molar-refractivity contribution in [2.75, 3.05) is 20.6 Å². The monoisotopic (exact) mass is 464 g/mol. The predicted octanol–water partition coefficient (Wildman–Crippen LogP) is 2.76. The Balaban J connectivity index is 0.00000529. The van der Waals surface area contributed by atoms with Gasteiger partial charge in [-0.15, -0.1) is 24.0 Å². The van der Waals surface area contributed by atoms with Crippen LogP contribution in [-0.4, -0.2) is 55.7 Å². The summed E-state index contributed by atoms with van der Waals surface area (Å²) >= 11 is 0. The minimum absolute atomic E-state index is 0. The summed E-state index contributed by atoms with van der Waals surface area (Å²) in [4.78, 5) is 17.2. The van der Waals surface area contributed by atoms with E-state index in [-0.39, 0.29) is 61.4 Å². The van der Waals surface area contributed by atoms with Crippen LogP contribution in [0.4, 0.5) is 13.2 Å². The lowest BCUT2D eigenvalue weighted by Gasteiger charge is -2.32. The molecule has 1 fully saturated rings. The largest absolute Gasteiger partial charge is 0.391 e.